The Balaban J connectivity index is 1.41. The van der Waals surface area contributed by atoms with Crippen LogP contribution in [-0.2, 0) is 28.7 Å². The highest BCUT2D eigenvalue weighted by atomic mass is 32.2. The first-order valence-electron chi connectivity index (χ1n) is 11.3. The molecule has 33 heavy (non-hydrogen) atoms. The van der Waals surface area contributed by atoms with E-state index in [0.717, 1.165) is 37.1 Å². The van der Waals surface area contributed by atoms with Gasteiger partial charge in [-0.05, 0) is 73.3 Å². The molecule has 1 aliphatic heterocycles. The van der Waals surface area contributed by atoms with Crippen LogP contribution in [0.5, 0.6) is 0 Å². The van der Waals surface area contributed by atoms with Crippen molar-refractivity contribution >= 4 is 21.6 Å². The molecule has 1 N–H and O–H groups in total. The molecule has 2 amide bonds. The number of hydrogen-bond acceptors (Lipinski definition) is 4. The molecule has 174 valence electrons. The van der Waals surface area contributed by atoms with Crippen molar-refractivity contribution in [1.82, 2.24) is 10.2 Å². The van der Waals surface area contributed by atoms with Gasteiger partial charge in [0.1, 0.15) is 0 Å². The van der Waals surface area contributed by atoms with Crippen molar-refractivity contribution in [2.45, 2.75) is 49.5 Å². The Morgan fingerprint density at radius 1 is 1.09 bits per heavy atom. The number of nitrogens with zero attached hydrogens (tertiary/aromatic N) is 2. The van der Waals surface area contributed by atoms with Gasteiger partial charge >= 0.3 is 6.03 Å². The summed E-state index contributed by atoms with van der Waals surface area (Å²) in [5, 5.41) is 2.99. The van der Waals surface area contributed by atoms with Crippen LogP contribution in [0, 0.1) is 0 Å². The van der Waals surface area contributed by atoms with Crippen LogP contribution in [0.1, 0.15) is 36.5 Å². The molecule has 0 spiro atoms. The van der Waals surface area contributed by atoms with Crippen molar-refractivity contribution in [3.05, 3.63) is 83.0 Å². The van der Waals surface area contributed by atoms with Crippen molar-refractivity contribution in [1.29, 1.82) is 0 Å². The van der Waals surface area contributed by atoms with E-state index in [-0.39, 0.29) is 22.7 Å². The minimum Gasteiger partial charge on any atom is -0.331 e. The summed E-state index contributed by atoms with van der Waals surface area (Å²) in [5.41, 5.74) is 4.98. The molecule has 1 unspecified atom stereocenters. The van der Waals surface area contributed by atoms with E-state index >= 15 is 0 Å². The number of carbonyl (C=O) groups excluding carboxylic acids is 1. The Morgan fingerprint density at radius 2 is 1.82 bits per heavy atom. The van der Waals surface area contributed by atoms with E-state index in [1.165, 1.54) is 16.0 Å². The quantitative estimate of drug-likeness (QED) is 0.686. The van der Waals surface area contributed by atoms with Crippen LogP contribution in [0.2, 0.25) is 0 Å². The summed E-state index contributed by atoms with van der Waals surface area (Å²) in [6, 6.07) is 12.1. The van der Waals surface area contributed by atoms with Crippen LogP contribution in [-0.4, -0.2) is 39.5 Å². The van der Waals surface area contributed by atoms with Crippen LogP contribution in [0.4, 0.5) is 10.5 Å². The maximum Gasteiger partial charge on any atom is 0.322 e. The van der Waals surface area contributed by atoms with E-state index in [9.17, 15) is 13.2 Å². The van der Waals surface area contributed by atoms with E-state index in [1.54, 1.807) is 31.3 Å². The van der Waals surface area contributed by atoms with Crippen molar-refractivity contribution in [3.8, 4) is 0 Å². The minimum absolute atomic E-state index is 0.0419. The first-order chi connectivity index (χ1) is 15.7. The lowest BCUT2D eigenvalue weighted by Gasteiger charge is -2.23. The van der Waals surface area contributed by atoms with Crippen LogP contribution < -0.4 is 10.2 Å². The normalized spacial score (nSPS) is 16.8. The van der Waals surface area contributed by atoms with Gasteiger partial charge in [-0.15, -0.1) is 0 Å². The largest absolute Gasteiger partial charge is 0.331 e. The SMILES string of the molecule is CC(NC(=O)N(C)c1ccc(S(=O)(=O)Cc2ccc3c(c2)CN(C)C3)cc1)C1=CCCC=C1. The molecule has 1 heterocycles. The fraction of sp³-hybridized carbons (Fsp3) is 0.346. The number of nitrogens with one attached hydrogen (secondary N) is 1. The van der Waals surface area contributed by atoms with Gasteiger partial charge < -0.3 is 5.32 Å². The molecule has 0 saturated heterocycles. The van der Waals surface area contributed by atoms with Gasteiger partial charge in [-0.3, -0.25) is 9.80 Å². The Labute approximate surface area is 196 Å². The number of carbonyl (C=O) groups is 1. The van der Waals surface area contributed by atoms with Gasteiger partial charge in [0.15, 0.2) is 9.84 Å². The van der Waals surface area contributed by atoms with E-state index in [1.807, 2.05) is 31.2 Å². The Morgan fingerprint density at radius 3 is 2.52 bits per heavy atom. The first kappa shape index (κ1) is 23.3. The number of allylic oxidation sites excluding steroid dienone is 2. The summed E-state index contributed by atoms with van der Waals surface area (Å²) in [7, 11) is 0.246. The summed E-state index contributed by atoms with van der Waals surface area (Å²) >= 11 is 0. The number of sulfone groups is 1. The zero-order chi connectivity index (χ0) is 23.6. The predicted octanol–water partition coefficient (Wildman–Crippen LogP) is 4.42. The van der Waals surface area contributed by atoms with Gasteiger partial charge in [0.25, 0.3) is 0 Å². The summed E-state index contributed by atoms with van der Waals surface area (Å²) < 4.78 is 26.0. The predicted molar refractivity (Wildman–Crippen MR) is 132 cm³/mol. The van der Waals surface area contributed by atoms with Crippen LogP contribution in [0.25, 0.3) is 0 Å². The van der Waals surface area contributed by atoms with Crippen LogP contribution >= 0.6 is 0 Å². The van der Waals surface area contributed by atoms with Gasteiger partial charge in [-0.2, -0.15) is 0 Å². The Bertz CT molecular complexity index is 1200. The fourth-order valence-electron chi connectivity index (χ4n) is 4.33. The third-order valence-corrected chi connectivity index (χ3v) is 7.96. The second-order valence-electron chi connectivity index (χ2n) is 8.94. The Kier molecular flexibility index (Phi) is 6.72. The van der Waals surface area contributed by atoms with Gasteiger partial charge in [0.05, 0.1) is 16.7 Å². The summed E-state index contributed by atoms with van der Waals surface area (Å²) in [6.07, 6.45) is 8.32. The standard InChI is InChI=1S/C26H31N3O3S/c1-19(21-7-5-4-6-8-21)27-26(30)29(3)24-11-13-25(14-12-24)33(31,32)18-20-9-10-22-16-28(2)17-23(22)15-20/h5,7-15,19H,4,6,16-18H2,1-3H3,(H,27,30). The second kappa shape index (κ2) is 9.53. The highest BCUT2D eigenvalue weighted by Crippen LogP contribution is 2.25. The topological polar surface area (TPSA) is 69.7 Å². The van der Waals surface area contributed by atoms with Gasteiger partial charge in [-0.25, -0.2) is 13.2 Å². The highest BCUT2D eigenvalue weighted by molar-refractivity contribution is 7.90. The molecule has 1 aliphatic carbocycles. The molecule has 2 aromatic carbocycles. The molecule has 0 aromatic heterocycles. The van der Waals surface area contributed by atoms with Crippen LogP contribution in [0.3, 0.4) is 0 Å². The number of hydrogen-bond donors (Lipinski definition) is 1. The van der Waals surface area contributed by atoms with E-state index in [2.05, 4.69) is 29.4 Å². The highest BCUT2D eigenvalue weighted by Gasteiger charge is 2.21. The maximum atomic E-state index is 13.0. The number of urea groups is 1. The fourth-order valence-corrected chi connectivity index (χ4v) is 5.66. The maximum absolute atomic E-state index is 13.0. The van der Waals surface area contributed by atoms with Gasteiger partial charge in [0.2, 0.25) is 0 Å². The minimum atomic E-state index is -3.49. The molecule has 4 rings (SSSR count). The summed E-state index contributed by atoms with van der Waals surface area (Å²) in [5.74, 6) is -0.0419. The number of benzene rings is 2. The molecular weight excluding hydrogens is 434 g/mol. The van der Waals surface area contributed by atoms with Crippen molar-refractivity contribution in [3.63, 3.8) is 0 Å². The third-order valence-electron chi connectivity index (χ3n) is 6.26. The number of rotatable bonds is 6. The lowest BCUT2D eigenvalue weighted by Crippen LogP contribution is -2.42. The zero-order valence-electron chi connectivity index (χ0n) is 19.4. The monoisotopic (exact) mass is 465 g/mol. The van der Waals surface area contributed by atoms with Crippen molar-refractivity contribution < 1.29 is 13.2 Å². The average Bonchev–Trinajstić information content (AvgIpc) is 3.18. The van der Waals surface area contributed by atoms with Gasteiger partial charge in [-0.1, -0.05) is 36.4 Å². The third kappa shape index (κ3) is 5.37. The molecular formula is C26H31N3O3S. The molecule has 6 nitrogen and oxygen atoms in total. The molecule has 1 atom stereocenters. The molecule has 2 aliphatic rings. The molecule has 2 aromatic rings. The lowest BCUT2D eigenvalue weighted by molar-refractivity contribution is 0.246. The van der Waals surface area contributed by atoms with Crippen LogP contribution in [0.15, 0.2) is 71.2 Å². The molecule has 0 radical (unpaired) electrons. The zero-order valence-corrected chi connectivity index (χ0v) is 20.2. The van der Waals surface area contributed by atoms with Crippen molar-refractivity contribution in [2.75, 3.05) is 19.0 Å². The van der Waals surface area contributed by atoms with E-state index in [0.29, 0.717) is 5.69 Å². The average molecular weight is 466 g/mol. The number of amides is 2. The molecule has 7 heteroatoms. The van der Waals surface area contributed by atoms with Crippen molar-refractivity contribution in [2.24, 2.45) is 0 Å². The number of fused-ring (bicyclic) bond motifs is 1. The van der Waals surface area contributed by atoms with E-state index in [4.69, 9.17) is 0 Å². The summed E-state index contributed by atoms with van der Waals surface area (Å²) in [6.45, 7) is 3.70. The second-order valence-corrected chi connectivity index (χ2v) is 10.9. The summed E-state index contributed by atoms with van der Waals surface area (Å²) in [4.78, 5) is 16.6. The number of anilines is 1. The Hall–Kier alpha value is -2.90. The smallest absolute Gasteiger partial charge is 0.322 e. The molecule has 0 saturated carbocycles. The van der Waals surface area contributed by atoms with E-state index < -0.39 is 9.84 Å². The molecule has 0 bridgehead atoms. The van der Waals surface area contributed by atoms with Gasteiger partial charge in [0, 0.05) is 25.8 Å². The molecule has 0 fully saturated rings. The lowest BCUT2D eigenvalue weighted by atomic mass is 10.0. The first-order valence-corrected chi connectivity index (χ1v) is 12.9.